The van der Waals surface area contributed by atoms with Crippen molar-refractivity contribution in [1.29, 1.82) is 0 Å². The van der Waals surface area contributed by atoms with Crippen molar-refractivity contribution in [1.82, 2.24) is 0 Å². The van der Waals surface area contributed by atoms with Crippen LogP contribution in [0.15, 0.2) is 12.2 Å². The lowest BCUT2D eigenvalue weighted by Crippen LogP contribution is -2.07. The topological polar surface area (TPSA) is 0 Å². The van der Waals surface area contributed by atoms with Gasteiger partial charge in [0, 0.05) is 0 Å². The maximum Gasteiger partial charge on any atom is -0.0299 e. The van der Waals surface area contributed by atoms with E-state index in [0.717, 1.165) is 0 Å². The van der Waals surface area contributed by atoms with Crippen LogP contribution in [0.2, 0.25) is 0 Å². The molecule has 0 unspecified atom stereocenters. The molecule has 0 saturated heterocycles. The van der Waals surface area contributed by atoms with Gasteiger partial charge in [-0.3, -0.25) is 0 Å². The number of unbranched alkanes of at least 4 members (excludes halogenated alkanes) is 5. The Hall–Kier alpha value is -0.260. The number of allylic oxidation sites excluding steroid dienone is 2. The molecule has 0 spiro atoms. The van der Waals surface area contributed by atoms with Crippen molar-refractivity contribution in [2.45, 2.75) is 79.1 Å². The predicted molar refractivity (Wildman–Crippen MR) is 71.2 cm³/mol. The molecule has 0 aliphatic rings. The lowest BCUT2D eigenvalue weighted by Gasteiger charge is -2.19. The molecular formula is C15H30. The van der Waals surface area contributed by atoms with Crippen LogP contribution in [0.5, 0.6) is 0 Å². The molecule has 0 aliphatic heterocycles. The molecule has 0 nitrogen and oxygen atoms in total. The summed E-state index contributed by atoms with van der Waals surface area (Å²) >= 11 is 0. The zero-order valence-electron chi connectivity index (χ0n) is 11.3. The van der Waals surface area contributed by atoms with E-state index >= 15 is 0 Å². The Bertz CT molecular complexity index is 153. The van der Waals surface area contributed by atoms with E-state index in [9.17, 15) is 0 Å². The Morgan fingerprint density at radius 3 is 2.13 bits per heavy atom. The van der Waals surface area contributed by atoms with Gasteiger partial charge < -0.3 is 0 Å². The Labute approximate surface area is 97.2 Å². The van der Waals surface area contributed by atoms with Crippen LogP contribution >= 0.6 is 0 Å². The average Bonchev–Trinajstić information content (AvgIpc) is 2.22. The van der Waals surface area contributed by atoms with Gasteiger partial charge in [0.1, 0.15) is 0 Å². The second-order valence-electron chi connectivity index (χ2n) is 5.40. The first-order valence-corrected chi connectivity index (χ1v) is 6.77. The highest BCUT2D eigenvalue weighted by atomic mass is 14.2. The number of rotatable bonds is 9. The number of hydrogen-bond acceptors (Lipinski definition) is 0. The van der Waals surface area contributed by atoms with Crippen LogP contribution in [0.25, 0.3) is 0 Å². The molecule has 0 atom stereocenters. The van der Waals surface area contributed by atoms with E-state index in [1.807, 2.05) is 0 Å². The van der Waals surface area contributed by atoms with E-state index in [-0.39, 0.29) is 0 Å². The summed E-state index contributed by atoms with van der Waals surface area (Å²) in [6.45, 7) is 9.24. The third-order valence-electron chi connectivity index (χ3n) is 3.27. The van der Waals surface area contributed by atoms with Crippen LogP contribution in [-0.4, -0.2) is 0 Å². The fourth-order valence-corrected chi connectivity index (χ4v) is 1.53. The van der Waals surface area contributed by atoms with Crippen LogP contribution in [-0.2, 0) is 0 Å². The molecule has 90 valence electrons. The summed E-state index contributed by atoms with van der Waals surface area (Å²) in [7, 11) is 0. The van der Waals surface area contributed by atoms with Gasteiger partial charge in [0.2, 0.25) is 0 Å². The first kappa shape index (κ1) is 14.7. The van der Waals surface area contributed by atoms with Crippen LogP contribution in [0, 0.1) is 5.41 Å². The Morgan fingerprint density at radius 1 is 0.867 bits per heavy atom. The summed E-state index contributed by atoms with van der Waals surface area (Å²) in [4.78, 5) is 0. The van der Waals surface area contributed by atoms with Crippen LogP contribution in [0.4, 0.5) is 0 Å². The maximum absolute atomic E-state index is 2.38. The molecule has 0 aliphatic carbocycles. The molecule has 0 aromatic rings. The fraction of sp³-hybridized carbons (Fsp3) is 0.867. The Kier molecular flexibility index (Phi) is 8.85. The third-order valence-corrected chi connectivity index (χ3v) is 3.27. The summed E-state index contributed by atoms with van der Waals surface area (Å²) in [6.07, 6.45) is 15.5. The molecule has 0 bridgehead atoms. The summed E-state index contributed by atoms with van der Waals surface area (Å²) in [5.74, 6) is 0. The molecule has 0 amide bonds. The minimum atomic E-state index is 0.499. The molecule has 0 aromatic carbocycles. The fourth-order valence-electron chi connectivity index (χ4n) is 1.53. The zero-order valence-corrected chi connectivity index (χ0v) is 11.3. The van der Waals surface area contributed by atoms with Gasteiger partial charge in [0.05, 0.1) is 0 Å². The highest BCUT2D eigenvalue weighted by molar-refractivity contribution is 4.86. The monoisotopic (exact) mass is 210 g/mol. The molecule has 0 rings (SSSR count). The number of hydrogen-bond donors (Lipinski definition) is 0. The second-order valence-corrected chi connectivity index (χ2v) is 5.40. The molecular weight excluding hydrogens is 180 g/mol. The molecule has 0 heterocycles. The van der Waals surface area contributed by atoms with E-state index < -0.39 is 0 Å². The zero-order chi connectivity index (χ0) is 11.6. The van der Waals surface area contributed by atoms with Crippen LogP contribution < -0.4 is 0 Å². The smallest absolute Gasteiger partial charge is 0.0299 e. The summed E-state index contributed by atoms with van der Waals surface area (Å²) in [5, 5.41) is 0. The van der Waals surface area contributed by atoms with E-state index in [4.69, 9.17) is 0 Å². The minimum Gasteiger partial charge on any atom is -0.0885 e. The van der Waals surface area contributed by atoms with Gasteiger partial charge >= 0.3 is 0 Å². The Morgan fingerprint density at radius 2 is 1.53 bits per heavy atom. The first-order valence-electron chi connectivity index (χ1n) is 6.77. The van der Waals surface area contributed by atoms with Crippen molar-refractivity contribution in [2.24, 2.45) is 5.41 Å². The molecule has 15 heavy (non-hydrogen) atoms. The third kappa shape index (κ3) is 10.0. The minimum absolute atomic E-state index is 0.499. The lowest BCUT2D eigenvalue weighted by atomic mass is 9.86. The van der Waals surface area contributed by atoms with E-state index in [1.165, 1.54) is 51.4 Å². The van der Waals surface area contributed by atoms with Gasteiger partial charge in [-0.15, -0.1) is 0 Å². The van der Waals surface area contributed by atoms with E-state index in [0.29, 0.717) is 5.41 Å². The second kappa shape index (κ2) is 9.00. The van der Waals surface area contributed by atoms with Crippen LogP contribution in [0.3, 0.4) is 0 Å². The average molecular weight is 210 g/mol. The lowest BCUT2D eigenvalue weighted by molar-refractivity contribution is 0.356. The maximum atomic E-state index is 2.38. The van der Waals surface area contributed by atoms with Crippen molar-refractivity contribution in [3.05, 3.63) is 12.2 Å². The normalized spacial score (nSPS) is 12.5. The van der Waals surface area contributed by atoms with Gasteiger partial charge in [0.25, 0.3) is 0 Å². The van der Waals surface area contributed by atoms with Gasteiger partial charge in [-0.25, -0.2) is 0 Å². The summed E-state index contributed by atoms with van der Waals surface area (Å²) < 4.78 is 0. The standard InChI is InChI=1S/C15H30/c1-5-7-8-9-10-11-12-13-14-15(3,4)6-2/h12-13H,5-11,14H2,1-4H3. The molecule has 0 radical (unpaired) electrons. The van der Waals surface area contributed by atoms with Crippen molar-refractivity contribution < 1.29 is 0 Å². The molecule has 0 saturated carbocycles. The van der Waals surface area contributed by atoms with Crippen molar-refractivity contribution >= 4 is 0 Å². The van der Waals surface area contributed by atoms with Gasteiger partial charge in [-0.1, -0.05) is 72.0 Å². The quantitative estimate of drug-likeness (QED) is 0.337. The first-order chi connectivity index (χ1) is 7.12. The molecule has 0 heteroatoms. The SMILES string of the molecule is CCCCCCCC=CCC(C)(C)CC. The Balaban J connectivity index is 3.32. The molecule has 0 fully saturated rings. The van der Waals surface area contributed by atoms with Gasteiger partial charge in [0.15, 0.2) is 0 Å². The van der Waals surface area contributed by atoms with E-state index in [1.54, 1.807) is 0 Å². The summed E-state index contributed by atoms with van der Waals surface area (Å²) in [6, 6.07) is 0. The summed E-state index contributed by atoms with van der Waals surface area (Å²) in [5.41, 5.74) is 0.499. The molecule has 0 aromatic heterocycles. The van der Waals surface area contributed by atoms with E-state index in [2.05, 4.69) is 39.8 Å². The van der Waals surface area contributed by atoms with Crippen molar-refractivity contribution in [3.8, 4) is 0 Å². The van der Waals surface area contributed by atoms with Crippen LogP contribution in [0.1, 0.15) is 79.1 Å². The molecule has 0 N–H and O–H groups in total. The van der Waals surface area contributed by atoms with Gasteiger partial charge in [-0.2, -0.15) is 0 Å². The largest absolute Gasteiger partial charge is 0.0885 e. The predicted octanol–water partition coefficient (Wildman–Crippen LogP) is 5.73. The highest BCUT2D eigenvalue weighted by Gasteiger charge is 2.11. The highest BCUT2D eigenvalue weighted by Crippen LogP contribution is 2.24. The van der Waals surface area contributed by atoms with Gasteiger partial charge in [-0.05, 0) is 24.7 Å². The van der Waals surface area contributed by atoms with Crippen molar-refractivity contribution in [2.75, 3.05) is 0 Å². The van der Waals surface area contributed by atoms with Crippen molar-refractivity contribution in [3.63, 3.8) is 0 Å².